The molecule has 1 N–H and O–H groups in total. The van der Waals surface area contributed by atoms with Crippen molar-refractivity contribution in [2.75, 3.05) is 18.0 Å². The molecule has 1 aliphatic heterocycles. The molecular weight excluding hydrogens is 331 g/mol. The maximum Gasteiger partial charge on any atom is 0.241 e. The number of rotatable bonds is 5. The first kappa shape index (κ1) is 16.8. The third-order valence-corrected chi connectivity index (χ3v) is 5.29. The zero-order chi connectivity index (χ0) is 17.0. The van der Waals surface area contributed by atoms with Gasteiger partial charge in [-0.2, -0.15) is 0 Å². The van der Waals surface area contributed by atoms with Crippen LogP contribution in [0.1, 0.15) is 25.0 Å². The summed E-state index contributed by atoms with van der Waals surface area (Å²) in [5, 5.41) is 0. The maximum absolute atomic E-state index is 13.2. The van der Waals surface area contributed by atoms with Gasteiger partial charge in [0.1, 0.15) is 5.82 Å². The number of nitrogens with zero attached hydrogens (tertiary/aromatic N) is 3. The Morgan fingerprint density at radius 1 is 1.17 bits per heavy atom. The molecule has 0 unspecified atom stereocenters. The second-order valence-corrected chi connectivity index (χ2v) is 7.44. The van der Waals surface area contributed by atoms with Crippen LogP contribution in [0, 0.1) is 5.82 Å². The van der Waals surface area contributed by atoms with Crippen molar-refractivity contribution in [3.05, 3.63) is 48.0 Å². The molecule has 1 aliphatic rings. The quantitative estimate of drug-likeness (QED) is 0.894. The Balaban J connectivity index is 1.70. The number of piperidine rings is 1. The van der Waals surface area contributed by atoms with Gasteiger partial charge in [-0.05, 0) is 43.5 Å². The molecule has 3 rings (SSSR count). The summed E-state index contributed by atoms with van der Waals surface area (Å²) in [5.41, 5.74) is 0.575. The first-order valence-electron chi connectivity index (χ1n) is 7.87. The van der Waals surface area contributed by atoms with Crippen LogP contribution in [0.3, 0.4) is 0 Å². The van der Waals surface area contributed by atoms with Gasteiger partial charge in [0.15, 0.2) is 0 Å². The summed E-state index contributed by atoms with van der Waals surface area (Å²) in [4.78, 5) is 10.7. The largest absolute Gasteiger partial charge is 0.341 e. The number of anilines is 1. The highest BCUT2D eigenvalue weighted by molar-refractivity contribution is 7.89. The Hall–Kier alpha value is -2.06. The first-order chi connectivity index (χ1) is 11.5. The third-order valence-electron chi connectivity index (χ3n) is 3.89. The van der Waals surface area contributed by atoms with Crippen LogP contribution in [-0.4, -0.2) is 31.5 Å². The van der Waals surface area contributed by atoms with Gasteiger partial charge in [0.25, 0.3) is 0 Å². The Kier molecular flexibility index (Phi) is 5.06. The summed E-state index contributed by atoms with van der Waals surface area (Å²) in [6.45, 7) is 1.86. The molecule has 2 aromatic rings. The Bertz CT molecular complexity index is 807. The highest BCUT2D eigenvalue weighted by Crippen LogP contribution is 2.16. The lowest BCUT2D eigenvalue weighted by molar-refractivity contribution is 0.565. The van der Waals surface area contributed by atoms with Crippen LogP contribution in [0.15, 0.2) is 41.4 Å². The average molecular weight is 350 g/mol. The summed E-state index contributed by atoms with van der Waals surface area (Å²) in [7, 11) is -3.78. The van der Waals surface area contributed by atoms with Gasteiger partial charge in [0, 0.05) is 19.3 Å². The SMILES string of the molecule is O=S(=O)(NCc1ccnc(N2CCCCC2)n1)c1cccc(F)c1. The van der Waals surface area contributed by atoms with E-state index >= 15 is 0 Å². The number of benzene rings is 1. The Morgan fingerprint density at radius 2 is 1.96 bits per heavy atom. The molecule has 0 radical (unpaired) electrons. The van der Waals surface area contributed by atoms with Gasteiger partial charge < -0.3 is 4.90 Å². The van der Waals surface area contributed by atoms with Crippen molar-refractivity contribution >= 4 is 16.0 Å². The average Bonchev–Trinajstić information content (AvgIpc) is 2.61. The molecule has 0 saturated carbocycles. The van der Waals surface area contributed by atoms with Gasteiger partial charge in [-0.25, -0.2) is 27.5 Å². The predicted molar refractivity (Wildman–Crippen MR) is 88.5 cm³/mol. The van der Waals surface area contributed by atoms with Crippen LogP contribution in [0.2, 0.25) is 0 Å². The Morgan fingerprint density at radius 3 is 2.71 bits per heavy atom. The van der Waals surface area contributed by atoms with Crippen molar-refractivity contribution in [1.82, 2.24) is 14.7 Å². The fraction of sp³-hybridized carbons (Fsp3) is 0.375. The summed E-state index contributed by atoms with van der Waals surface area (Å²) in [6, 6.07) is 6.57. The van der Waals surface area contributed by atoms with Crippen molar-refractivity contribution < 1.29 is 12.8 Å². The molecule has 1 fully saturated rings. The minimum Gasteiger partial charge on any atom is -0.341 e. The molecule has 1 aromatic carbocycles. The molecule has 0 aliphatic carbocycles. The van der Waals surface area contributed by atoms with E-state index in [-0.39, 0.29) is 11.4 Å². The Labute approximate surface area is 140 Å². The fourth-order valence-electron chi connectivity index (χ4n) is 2.62. The monoisotopic (exact) mass is 350 g/mol. The second-order valence-electron chi connectivity index (χ2n) is 5.68. The van der Waals surface area contributed by atoms with E-state index in [9.17, 15) is 12.8 Å². The molecule has 1 aromatic heterocycles. The lowest BCUT2D eigenvalue weighted by Crippen LogP contribution is -2.31. The third kappa shape index (κ3) is 4.07. The van der Waals surface area contributed by atoms with Gasteiger partial charge in [-0.1, -0.05) is 6.07 Å². The number of hydrogen-bond donors (Lipinski definition) is 1. The van der Waals surface area contributed by atoms with E-state index in [1.54, 1.807) is 12.3 Å². The number of nitrogens with one attached hydrogen (secondary N) is 1. The van der Waals surface area contributed by atoms with E-state index in [4.69, 9.17) is 0 Å². The highest BCUT2D eigenvalue weighted by Gasteiger charge is 2.16. The van der Waals surface area contributed by atoms with E-state index < -0.39 is 15.8 Å². The van der Waals surface area contributed by atoms with Crippen molar-refractivity contribution in [2.45, 2.75) is 30.7 Å². The topological polar surface area (TPSA) is 75.2 Å². The summed E-state index contributed by atoms with van der Waals surface area (Å²) in [6.07, 6.45) is 5.06. The van der Waals surface area contributed by atoms with Crippen molar-refractivity contribution in [1.29, 1.82) is 0 Å². The van der Waals surface area contributed by atoms with Crippen LogP contribution in [0.4, 0.5) is 10.3 Å². The number of hydrogen-bond acceptors (Lipinski definition) is 5. The molecule has 128 valence electrons. The fourth-order valence-corrected chi connectivity index (χ4v) is 3.65. The zero-order valence-corrected chi connectivity index (χ0v) is 14.0. The van der Waals surface area contributed by atoms with Gasteiger partial charge in [0.05, 0.1) is 17.1 Å². The number of sulfonamides is 1. The highest BCUT2D eigenvalue weighted by atomic mass is 32.2. The molecule has 1 saturated heterocycles. The predicted octanol–water partition coefficient (Wildman–Crippen LogP) is 2.08. The zero-order valence-electron chi connectivity index (χ0n) is 13.2. The van der Waals surface area contributed by atoms with Crippen LogP contribution in [0.5, 0.6) is 0 Å². The maximum atomic E-state index is 13.2. The molecule has 24 heavy (non-hydrogen) atoms. The van der Waals surface area contributed by atoms with Gasteiger partial charge >= 0.3 is 0 Å². The van der Waals surface area contributed by atoms with Crippen molar-refractivity contribution in [3.63, 3.8) is 0 Å². The van der Waals surface area contributed by atoms with Gasteiger partial charge in [-0.15, -0.1) is 0 Å². The molecule has 8 heteroatoms. The molecule has 0 bridgehead atoms. The molecule has 0 atom stereocenters. The second kappa shape index (κ2) is 7.23. The lowest BCUT2D eigenvalue weighted by Gasteiger charge is -2.26. The lowest BCUT2D eigenvalue weighted by atomic mass is 10.1. The van der Waals surface area contributed by atoms with E-state index in [0.717, 1.165) is 32.0 Å². The van der Waals surface area contributed by atoms with Gasteiger partial charge in [-0.3, -0.25) is 0 Å². The first-order valence-corrected chi connectivity index (χ1v) is 9.35. The number of halogens is 1. The van der Waals surface area contributed by atoms with E-state index in [1.165, 1.54) is 24.6 Å². The van der Waals surface area contributed by atoms with Crippen molar-refractivity contribution in [2.24, 2.45) is 0 Å². The molecule has 0 spiro atoms. The van der Waals surface area contributed by atoms with Gasteiger partial charge in [0.2, 0.25) is 16.0 Å². The van der Waals surface area contributed by atoms with E-state index in [2.05, 4.69) is 19.6 Å². The molecule has 2 heterocycles. The number of aromatic nitrogens is 2. The van der Waals surface area contributed by atoms with Crippen LogP contribution < -0.4 is 9.62 Å². The summed E-state index contributed by atoms with van der Waals surface area (Å²) >= 11 is 0. The summed E-state index contributed by atoms with van der Waals surface area (Å²) < 4.78 is 40.1. The normalized spacial score (nSPS) is 15.5. The molecule has 6 nitrogen and oxygen atoms in total. The molecule has 0 amide bonds. The minimum absolute atomic E-state index is 0.0300. The van der Waals surface area contributed by atoms with Crippen LogP contribution in [-0.2, 0) is 16.6 Å². The standard InChI is InChI=1S/C16H19FN4O2S/c17-13-5-4-6-15(11-13)24(22,23)19-12-14-7-8-18-16(20-14)21-9-2-1-3-10-21/h4-8,11,19H,1-3,9-10,12H2. The smallest absolute Gasteiger partial charge is 0.241 e. The van der Waals surface area contributed by atoms with Crippen molar-refractivity contribution in [3.8, 4) is 0 Å². The van der Waals surface area contributed by atoms with E-state index in [1.807, 2.05) is 0 Å². The minimum atomic E-state index is -3.78. The summed E-state index contributed by atoms with van der Waals surface area (Å²) in [5.74, 6) is 0.0319. The molecular formula is C16H19FN4O2S. The van der Waals surface area contributed by atoms with Crippen LogP contribution in [0.25, 0.3) is 0 Å². The van der Waals surface area contributed by atoms with E-state index in [0.29, 0.717) is 11.6 Å². The van der Waals surface area contributed by atoms with Crippen LogP contribution >= 0.6 is 0 Å².